The zero-order valence-corrected chi connectivity index (χ0v) is 9.93. The van der Waals surface area contributed by atoms with Crippen molar-refractivity contribution in [3.63, 3.8) is 0 Å². The molecule has 2 unspecified atom stereocenters. The number of amides is 1. The first-order chi connectivity index (χ1) is 7.93. The highest BCUT2D eigenvalue weighted by atomic mass is 16.4. The molecule has 1 saturated carbocycles. The fourth-order valence-electron chi connectivity index (χ4n) is 2.13. The van der Waals surface area contributed by atoms with Crippen molar-refractivity contribution >= 4 is 11.9 Å². The van der Waals surface area contributed by atoms with Crippen molar-refractivity contribution in [1.82, 2.24) is 5.32 Å². The van der Waals surface area contributed by atoms with Crippen molar-refractivity contribution in [3.8, 4) is 0 Å². The topological polar surface area (TPSA) is 113 Å². The van der Waals surface area contributed by atoms with Crippen molar-refractivity contribution in [2.45, 2.75) is 50.8 Å². The second-order valence-electron chi connectivity index (χ2n) is 4.62. The highest BCUT2D eigenvalue weighted by Crippen LogP contribution is 2.23. The Labute approximate surface area is 100 Å². The lowest BCUT2D eigenvalue weighted by molar-refractivity contribution is -0.145. The Morgan fingerprint density at radius 2 is 1.94 bits per heavy atom. The molecule has 1 aliphatic carbocycles. The number of carboxylic acid groups (broad SMARTS) is 1. The normalized spacial score (nSPS) is 28.2. The minimum atomic E-state index is -1.27. The van der Waals surface area contributed by atoms with E-state index < -0.39 is 18.1 Å². The Hall–Kier alpha value is -1.14. The van der Waals surface area contributed by atoms with E-state index in [4.69, 9.17) is 10.8 Å². The van der Waals surface area contributed by atoms with Gasteiger partial charge in [-0.05, 0) is 19.8 Å². The van der Waals surface area contributed by atoms with Gasteiger partial charge in [0.15, 0.2) is 6.04 Å². The Bertz CT molecular complexity index is 293. The standard InChI is InChI=1S/C11H20N2O4/c1-6(14)9(11(16)17)13-10(15)7-4-2-3-5-8(7)12/h6-9,14H,2-5,12H2,1H3,(H,13,15)(H,16,17)/t6-,7?,8?,9+/m1/s1. The van der Waals surface area contributed by atoms with Crippen LogP contribution in [-0.4, -0.2) is 40.3 Å². The monoisotopic (exact) mass is 244 g/mol. The molecule has 6 heteroatoms. The number of nitrogens with two attached hydrogens (primary N) is 1. The number of hydrogen-bond acceptors (Lipinski definition) is 4. The molecule has 1 aliphatic rings. The lowest BCUT2D eigenvalue weighted by Crippen LogP contribution is -2.52. The van der Waals surface area contributed by atoms with E-state index in [1.165, 1.54) is 6.92 Å². The van der Waals surface area contributed by atoms with Gasteiger partial charge >= 0.3 is 5.97 Å². The van der Waals surface area contributed by atoms with Crippen molar-refractivity contribution in [1.29, 1.82) is 0 Å². The third-order valence-electron chi connectivity index (χ3n) is 3.20. The van der Waals surface area contributed by atoms with Crippen molar-refractivity contribution in [2.75, 3.05) is 0 Å². The first-order valence-electron chi connectivity index (χ1n) is 5.90. The number of aliphatic hydroxyl groups is 1. The zero-order chi connectivity index (χ0) is 13.0. The Morgan fingerprint density at radius 3 is 2.41 bits per heavy atom. The van der Waals surface area contributed by atoms with E-state index in [0.29, 0.717) is 6.42 Å². The van der Waals surface area contributed by atoms with Crippen LogP contribution in [0.1, 0.15) is 32.6 Å². The highest BCUT2D eigenvalue weighted by molar-refractivity contribution is 5.85. The van der Waals surface area contributed by atoms with Crippen LogP contribution in [0.2, 0.25) is 0 Å². The van der Waals surface area contributed by atoms with Crippen LogP contribution >= 0.6 is 0 Å². The molecule has 1 rings (SSSR count). The largest absolute Gasteiger partial charge is 0.480 e. The predicted molar refractivity (Wildman–Crippen MR) is 61.2 cm³/mol. The Kier molecular flexibility index (Phi) is 4.89. The van der Waals surface area contributed by atoms with Gasteiger partial charge in [-0.15, -0.1) is 0 Å². The lowest BCUT2D eigenvalue weighted by Gasteiger charge is -2.29. The van der Waals surface area contributed by atoms with Gasteiger partial charge in [-0.3, -0.25) is 4.79 Å². The number of carbonyl (C=O) groups excluding carboxylic acids is 1. The molecule has 0 spiro atoms. The second kappa shape index (κ2) is 5.97. The summed E-state index contributed by atoms with van der Waals surface area (Å²) in [7, 11) is 0. The van der Waals surface area contributed by atoms with Crippen molar-refractivity contribution in [3.05, 3.63) is 0 Å². The van der Waals surface area contributed by atoms with Gasteiger partial charge in [0.1, 0.15) is 0 Å². The number of nitrogens with one attached hydrogen (secondary N) is 1. The zero-order valence-electron chi connectivity index (χ0n) is 9.93. The van der Waals surface area contributed by atoms with Crippen molar-refractivity contribution < 1.29 is 19.8 Å². The van der Waals surface area contributed by atoms with Crippen LogP contribution in [0.5, 0.6) is 0 Å². The summed E-state index contributed by atoms with van der Waals surface area (Å²) in [5.41, 5.74) is 5.84. The average Bonchev–Trinajstić information content (AvgIpc) is 2.25. The molecule has 1 amide bonds. The lowest BCUT2D eigenvalue weighted by atomic mass is 9.84. The summed E-state index contributed by atoms with van der Waals surface area (Å²) in [4.78, 5) is 22.7. The molecule has 0 saturated heterocycles. The minimum absolute atomic E-state index is 0.216. The molecule has 0 aromatic heterocycles. The molecule has 1 fully saturated rings. The van der Waals surface area contributed by atoms with Gasteiger partial charge in [0, 0.05) is 6.04 Å². The molecule has 0 radical (unpaired) electrons. The van der Waals surface area contributed by atoms with E-state index in [-0.39, 0.29) is 17.9 Å². The molecular weight excluding hydrogens is 224 g/mol. The van der Waals surface area contributed by atoms with E-state index in [9.17, 15) is 14.7 Å². The summed E-state index contributed by atoms with van der Waals surface area (Å²) in [6.45, 7) is 1.33. The smallest absolute Gasteiger partial charge is 0.328 e. The van der Waals surface area contributed by atoms with E-state index >= 15 is 0 Å². The maximum atomic E-state index is 11.9. The van der Waals surface area contributed by atoms with Gasteiger partial charge in [-0.1, -0.05) is 12.8 Å². The number of aliphatic carboxylic acids is 1. The predicted octanol–water partition coefficient (Wildman–Crippen LogP) is -0.546. The van der Waals surface area contributed by atoms with Crippen LogP contribution < -0.4 is 11.1 Å². The molecule has 4 atom stereocenters. The van der Waals surface area contributed by atoms with Gasteiger partial charge < -0.3 is 21.3 Å². The maximum absolute atomic E-state index is 11.9. The summed E-state index contributed by atoms with van der Waals surface area (Å²) < 4.78 is 0. The van der Waals surface area contributed by atoms with Crippen LogP contribution in [0.3, 0.4) is 0 Å². The highest BCUT2D eigenvalue weighted by Gasteiger charge is 2.32. The van der Waals surface area contributed by atoms with Crippen LogP contribution in [-0.2, 0) is 9.59 Å². The number of carbonyl (C=O) groups is 2. The molecule has 0 bridgehead atoms. The number of hydrogen-bond donors (Lipinski definition) is 4. The Morgan fingerprint density at radius 1 is 1.35 bits per heavy atom. The molecule has 0 aliphatic heterocycles. The fraction of sp³-hybridized carbons (Fsp3) is 0.818. The molecule has 0 aromatic carbocycles. The maximum Gasteiger partial charge on any atom is 0.328 e. The third-order valence-corrected chi connectivity index (χ3v) is 3.20. The molecule has 5 N–H and O–H groups in total. The van der Waals surface area contributed by atoms with Gasteiger partial charge in [-0.2, -0.15) is 0 Å². The van der Waals surface area contributed by atoms with Gasteiger partial charge in [0.05, 0.1) is 12.0 Å². The van der Waals surface area contributed by atoms with Crippen LogP contribution in [0.15, 0.2) is 0 Å². The van der Waals surface area contributed by atoms with Gasteiger partial charge in [0.2, 0.25) is 5.91 Å². The van der Waals surface area contributed by atoms with E-state index in [2.05, 4.69) is 5.32 Å². The van der Waals surface area contributed by atoms with E-state index in [1.54, 1.807) is 0 Å². The fourth-order valence-corrected chi connectivity index (χ4v) is 2.13. The molecule has 0 heterocycles. The summed E-state index contributed by atoms with van der Waals surface area (Å²) in [5, 5.41) is 20.5. The Balaban J connectivity index is 2.60. The second-order valence-corrected chi connectivity index (χ2v) is 4.62. The van der Waals surface area contributed by atoms with E-state index in [0.717, 1.165) is 19.3 Å². The average molecular weight is 244 g/mol. The number of carboxylic acids is 1. The minimum Gasteiger partial charge on any atom is -0.480 e. The number of aliphatic hydroxyl groups excluding tert-OH is 1. The van der Waals surface area contributed by atoms with Crippen molar-refractivity contribution in [2.24, 2.45) is 11.7 Å². The summed E-state index contributed by atoms with van der Waals surface area (Å²) >= 11 is 0. The number of rotatable bonds is 4. The van der Waals surface area contributed by atoms with Crippen LogP contribution in [0, 0.1) is 5.92 Å². The van der Waals surface area contributed by atoms with Crippen LogP contribution in [0.4, 0.5) is 0 Å². The summed E-state index contributed by atoms with van der Waals surface area (Å²) in [6.07, 6.45) is 2.27. The molecular formula is C11H20N2O4. The molecule has 98 valence electrons. The van der Waals surface area contributed by atoms with Gasteiger partial charge in [-0.25, -0.2) is 4.79 Å². The quantitative estimate of drug-likeness (QED) is 0.530. The van der Waals surface area contributed by atoms with Crippen LogP contribution in [0.25, 0.3) is 0 Å². The molecule has 17 heavy (non-hydrogen) atoms. The SMILES string of the molecule is C[C@@H](O)[C@H](NC(=O)C1CCCCC1N)C(=O)O. The molecule has 0 aromatic rings. The third kappa shape index (κ3) is 3.67. The van der Waals surface area contributed by atoms with E-state index in [1.807, 2.05) is 0 Å². The van der Waals surface area contributed by atoms with Gasteiger partial charge in [0.25, 0.3) is 0 Å². The first-order valence-corrected chi connectivity index (χ1v) is 5.90. The molecule has 6 nitrogen and oxygen atoms in total. The first kappa shape index (κ1) is 13.9. The summed E-state index contributed by atoms with van der Waals surface area (Å²) in [5.74, 6) is -1.95. The summed E-state index contributed by atoms with van der Waals surface area (Å²) in [6, 6.07) is -1.48.